The molecule has 0 saturated heterocycles. The van der Waals surface area contributed by atoms with Gasteiger partial charge < -0.3 is 16.0 Å². The molecule has 0 fully saturated rings. The van der Waals surface area contributed by atoms with Crippen molar-refractivity contribution in [3.63, 3.8) is 0 Å². The number of nitrogens with zero attached hydrogens (tertiary/aromatic N) is 2. The molecule has 1 aliphatic rings. The van der Waals surface area contributed by atoms with Crippen LogP contribution in [-0.4, -0.2) is 116 Å². The lowest BCUT2D eigenvalue weighted by Gasteiger charge is -2.19. The minimum atomic E-state index is -5.00. The normalized spacial score (nSPS) is 14.5. The Morgan fingerprint density at radius 2 is 1.28 bits per heavy atom. The fourth-order valence-corrected chi connectivity index (χ4v) is 8.68. The first kappa shape index (κ1) is 46.7. The highest BCUT2D eigenvalue weighted by Gasteiger charge is 2.46. The van der Waals surface area contributed by atoms with E-state index in [4.69, 9.17) is 9.11 Å². The van der Waals surface area contributed by atoms with Crippen molar-refractivity contribution in [1.29, 1.82) is 0 Å². The second-order valence-electron chi connectivity index (χ2n) is 14.2. The number of hydrogen-bond donors (Lipinski definition) is 7. The van der Waals surface area contributed by atoms with Crippen LogP contribution in [0, 0.1) is 0 Å². The van der Waals surface area contributed by atoms with Crippen molar-refractivity contribution < 1.29 is 66.0 Å². The van der Waals surface area contributed by atoms with Crippen LogP contribution in [-0.2, 0) is 45.9 Å². The van der Waals surface area contributed by atoms with Gasteiger partial charge in [-0.15, -0.1) is 0 Å². The Kier molecular flexibility index (Phi) is 14.0. The largest absolute Gasteiger partial charge is 0.362 e. The Balaban J connectivity index is 1.64. The summed E-state index contributed by atoms with van der Waals surface area (Å²) in [6.07, 6.45) is 6.86. The Morgan fingerprint density at radius 3 is 1.82 bits per heavy atom. The molecule has 0 bridgehead atoms. The summed E-state index contributed by atoms with van der Waals surface area (Å²) >= 11 is 0. The van der Waals surface area contributed by atoms with Gasteiger partial charge in [0.1, 0.15) is 22.8 Å². The van der Waals surface area contributed by atoms with Crippen molar-refractivity contribution in [1.82, 2.24) is 15.6 Å². The first-order chi connectivity index (χ1) is 28.3. The Morgan fingerprint density at radius 1 is 0.705 bits per heavy atom. The third-order valence-corrected chi connectivity index (χ3v) is 12.5. The molecule has 2 heterocycles. The van der Waals surface area contributed by atoms with E-state index >= 15 is 0 Å². The highest BCUT2D eigenvalue weighted by atomic mass is 32.2. The summed E-state index contributed by atoms with van der Waals surface area (Å²) in [6.45, 7) is 2.65. The first-order valence-corrected chi connectivity index (χ1v) is 24.4. The van der Waals surface area contributed by atoms with E-state index in [0.29, 0.717) is 22.3 Å². The average molecular weight is 921 g/mol. The van der Waals surface area contributed by atoms with Gasteiger partial charge in [-0.3, -0.25) is 27.8 Å². The number of hydrogen-bond acceptors (Lipinski definition) is 12. The number of carbonyl (C=O) groups is 2. The van der Waals surface area contributed by atoms with E-state index in [9.17, 15) is 52.4 Å². The highest BCUT2D eigenvalue weighted by molar-refractivity contribution is 7.86. The molecular weight excluding hydrogens is 879 g/mol. The van der Waals surface area contributed by atoms with Crippen LogP contribution in [0.5, 0.6) is 0 Å². The fraction of sp³-hybridized carbons (Fsp3) is 0.263. The summed E-state index contributed by atoms with van der Waals surface area (Å²) in [4.78, 5) is 29.7. The minimum absolute atomic E-state index is 0.0111. The molecule has 326 valence electrons. The predicted molar refractivity (Wildman–Crippen MR) is 227 cm³/mol. The van der Waals surface area contributed by atoms with E-state index in [2.05, 4.69) is 20.9 Å². The van der Waals surface area contributed by atoms with Gasteiger partial charge in [0.05, 0.1) is 22.7 Å². The molecule has 0 saturated carbocycles. The molecule has 0 spiro atoms. The lowest BCUT2D eigenvalue weighted by molar-refractivity contribution is -0.437. The molecule has 0 radical (unpaired) electrons. The molecule has 19 nitrogen and oxygen atoms in total. The van der Waals surface area contributed by atoms with Crippen LogP contribution in [0.3, 0.4) is 0 Å². The Labute approximate surface area is 352 Å². The summed E-state index contributed by atoms with van der Waals surface area (Å²) in [5.41, 5.74) is 0.886. The lowest BCUT2D eigenvalue weighted by Crippen LogP contribution is -2.32. The number of carbonyl (C=O) groups excluding carboxylic acids is 2. The number of pyridine rings is 1. The van der Waals surface area contributed by atoms with Gasteiger partial charge in [-0.25, -0.2) is 4.98 Å². The van der Waals surface area contributed by atoms with Crippen molar-refractivity contribution in [2.45, 2.75) is 30.6 Å². The van der Waals surface area contributed by atoms with E-state index in [0.717, 1.165) is 5.69 Å². The Bertz CT molecular complexity index is 2860. The van der Waals surface area contributed by atoms with Crippen LogP contribution < -0.4 is 16.0 Å². The van der Waals surface area contributed by atoms with Gasteiger partial charge in [0.2, 0.25) is 5.69 Å². The zero-order valence-corrected chi connectivity index (χ0v) is 35.8. The molecule has 1 aromatic heterocycles. The molecular formula is C38H42N5O14S4+. The number of allylic oxidation sites excluding steroid dienone is 3. The number of amides is 2. The summed E-state index contributed by atoms with van der Waals surface area (Å²) in [5, 5.41) is 8.00. The van der Waals surface area contributed by atoms with E-state index in [1.54, 1.807) is 35.1 Å². The zero-order chi connectivity index (χ0) is 45.0. The van der Waals surface area contributed by atoms with Crippen LogP contribution in [0.15, 0.2) is 96.1 Å². The summed E-state index contributed by atoms with van der Waals surface area (Å²) < 4.78 is 135. The zero-order valence-electron chi connectivity index (χ0n) is 32.5. The molecule has 23 heteroatoms. The smallest absolute Gasteiger partial charge is 0.295 e. The van der Waals surface area contributed by atoms with Gasteiger partial charge in [-0.1, -0.05) is 36.4 Å². The number of para-hydroxylation sites is 1. The monoisotopic (exact) mass is 920 g/mol. The van der Waals surface area contributed by atoms with Crippen LogP contribution in [0.2, 0.25) is 0 Å². The highest BCUT2D eigenvalue weighted by Crippen LogP contribution is 2.47. The summed E-state index contributed by atoms with van der Waals surface area (Å²) in [7, 11) is -18.3. The van der Waals surface area contributed by atoms with E-state index < -0.39 is 104 Å². The van der Waals surface area contributed by atoms with Gasteiger partial charge in [-0.05, 0) is 66.8 Å². The second-order valence-corrected chi connectivity index (χ2v) is 20.4. The standard InChI is InChI=1S/C38H41N5O14S4/c1-38(2)34(11-6-7-14-39-27-9-4-3-5-10-27)43(17-8-18-58(46,47)48)32-24-33(61(55,56)57)29-21-25(12-13-28(29)35(32)38)26-22-30(36(44)40-15-19-59(49,50)51)42-31(23-26)37(45)41-16-20-60(52,53)54/h3-7,9-14,21-24H,8,15-20H2,1-2H3,(H6,40,41,44,45,46,47,48,49,50,51,52,53,54,55,56,57)/p+1. The van der Waals surface area contributed by atoms with Gasteiger partial charge in [0.15, 0.2) is 5.71 Å². The van der Waals surface area contributed by atoms with E-state index in [1.165, 1.54) is 30.3 Å². The van der Waals surface area contributed by atoms with Gasteiger partial charge in [0, 0.05) is 54.5 Å². The molecule has 0 unspecified atom stereocenters. The molecule has 61 heavy (non-hydrogen) atoms. The molecule has 1 aliphatic heterocycles. The fourth-order valence-electron chi connectivity index (χ4n) is 6.76. The van der Waals surface area contributed by atoms with E-state index in [1.807, 2.05) is 44.2 Å². The minimum Gasteiger partial charge on any atom is -0.362 e. The SMILES string of the molecule is CC1(C)C(/C=C/C=C/Nc2ccccc2)=[N+](CCCS(=O)(=O)O)c2cc(S(=O)(=O)O)c3cc(-c4cc(C(=O)NCCS(=O)(=O)O)nc(C(=O)NCCS(=O)(=O)O)c4)ccc3c21. The molecule has 7 N–H and O–H groups in total. The van der Waals surface area contributed by atoms with Crippen molar-refractivity contribution in [2.75, 3.05) is 42.2 Å². The number of anilines is 1. The summed E-state index contributed by atoms with van der Waals surface area (Å²) in [5.74, 6) is -4.24. The maximum atomic E-state index is 13.1. The van der Waals surface area contributed by atoms with Crippen LogP contribution in [0.1, 0.15) is 46.8 Å². The molecule has 2 amide bonds. The molecule has 5 rings (SSSR count). The van der Waals surface area contributed by atoms with Gasteiger partial charge in [0.25, 0.3) is 52.3 Å². The Hall–Kier alpha value is -5.40. The number of fused-ring (bicyclic) bond motifs is 3. The number of rotatable bonds is 18. The number of aromatic nitrogens is 1. The molecule has 4 aromatic rings. The van der Waals surface area contributed by atoms with Crippen LogP contribution in [0.25, 0.3) is 21.9 Å². The number of benzene rings is 3. The average Bonchev–Trinajstić information content (AvgIpc) is 3.37. The number of nitrogens with one attached hydrogen (secondary N) is 3. The van der Waals surface area contributed by atoms with Crippen LogP contribution in [0.4, 0.5) is 11.4 Å². The molecule has 0 aliphatic carbocycles. The van der Waals surface area contributed by atoms with Gasteiger partial charge >= 0.3 is 0 Å². The van der Waals surface area contributed by atoms with Crippen LogP contribution >= 0.6 is 0 Å². The quantitative estimate of drug-likeness (QED) is 0.0428. The van der Waals surface area contributed by atoms with Gasteiger partial charge in [-0.2, -0.15) is 38.2 Å². The molecule has 0 atom stereocenters. The third-order valence-electron chi connectivity index (χ3n) is 9.39. The maximum Gasteiger partial charge on any atom is 0.295 e. The summed E-state index contributed by atoms with van der Waals surface area (Å²) in [6, 6.07) is 17.5. The lowest BCUT2D eigenvalue weighted by atomic mass is 9.78. The first-order valence-electron chi connectivity index (χ1n) is 18.2. The topological polar surface area (TPSA) is 304 Å². The van der Waals surface area contributed by atoms with E-state index in [-0.39, 0.29) is 29.5 Å². The third kappa shape index (κ3) is 12.3. The van der Waals surface area contributed by atoms with Crippen molar-refractivity contribution in [3.05, 3.63) is 108 Å². The van der Waals surface area contributed by atoms with Crippen molar-refractivity contribution in [2.24, 2.45) is 0 Å². The molecule has 3 aromatic carbocycles. The maximum absolute atomic E-state index is 13.1. The second kappa shape index (κ2) is 18.3. The van der Waals surface area contributed by atoms with Crippen molar-refractivity contribution >= 4 is 80.1 Å². The predicted octanol–water partition coefficient (Wildman–Crippen LogP) is 3.22. The van der Waals surface area contributed by atoms with Crippen molar-refractivity contribution in [3.8, 4) is 11.1 Å².